The van der Waals surface area contributed by atoms with Crippen LogP contribution in [0.25, 0.3) is 0 Å². The van der Waals surface area contributed by atoms with Crippen LogP contribution in [-0.4, -0.2) is 12.5 Å². The highest BCUT2D eigenvalue weighted by Gasteiger charge is 2.12. The van der Waals surface area contributed by atoms with Crippen molar-refractivity contribution < 1.29 is 9.53 Å². The van der Waals surface area contributed by atoms with Gasteiger partial charge in [0, 0.05) is 10.2 Å². The van der Waals surface area contributed by atoms with Crippen molar-refractivity contribution in [2.45, 2.75) is 13.8 Å². The lowest BCUT2D eigenvalue weighted by atomic mass is 10.1. The van der Waals surface area contributed by atoms with Crippen molar-refractivity contribution in [3.05, 3.63) is 58.1 Å². The van der Waals surface area contributed by atoms with Gasteiger partial charge in [0.1, 0.15) is 5.75 Å². The van der Waals surface area contributed by atoms with Gasteiger partial charge in [0.25, 0.3) is 5.91 Å². The summed E-state index contributed by atoms with van der Waals surface area (Å²) >= 11 is 3.42. The van der Waals surface area contributed by atoms with Crippen LogP contribution >= 0.6 is 15.9 Å². The Kier molecular flexibility index (Phi) is 4.79. The van der Waals surface area contributed by atoms with Crippen molar-refractivity contribution in [1.82, 2.24) is 0 Å². The number of nitrogens with one attached hydrogen (secondary N) is 1. The summed E-state index contributed by atoms with van der Waals surface area (Å²) < 4.78 is 6.41. The fourth-order valence-electron chi connectivity index (χ4n) is 1.94. The molecule has 1 amide bonds. The Morgan fingerprint density at radius 3 is 2.70 bits per heavy atom. The van der Waals surface area contributed by atoms with E-state index >= 15 is 0 Å². The molecule has 0 saturated heterocycles. The van der Waals surface area contributed by atoms with Gasteiger partial charge >= 0.3 is 0 Å². The van der Waals surface area contributed by atoms with Gasteiger partial charge in [-0.2, -0.15) is 0 Å². The molecule has 0 radical (unpaired) electrons. The molecule has 0 atom stereocenters. The highest BCUT2D eigenvalue weighted by molar-refractivity contribution is 9.10. The standard InChI is InChI=1S/C16H16BrNO2/c1-3-20-15-7-5-4-6-14(15)16(19)18-13-9-11(2)8-12(17)10-13/h4-10H,3H2,1-2H3,(H,18,19). The molecule has 0 aliphatic rings. The zero-order valence-corrected chi connectivity index (χ0v) is 13.0. The molecule has 1 N–H and O–H groups in total. The number of carbonyl (C=O) groups is 1. The van der Waals surface area contributed by atoms with E-state index in [1.165, 1.54) is 0 Å². The topological polar surface area (TPSA) is 38.3 Å². The number of halogens is 1. The molecule has 104 valence electrons. The largest absolute Gasteiger partial charge is 0.493 e. The molecule has 4 heteroatoms. The van der Waals surface area contributed by atoms with Gasteiger partial charge in [0.05, 0.1) is 12.2 Å². The molecular formula is C16H16BrNO2. The summed E-state index contributed by atoms with van der Waals surface area (Å²) in [7, 11) is 0. The Hall–Kier alpha value is -1.81. The van der Waals surface area contributed by atoms with Gasteiger partial charge in [-0.15, -0.1) is 0 Å². The van der Waals surface area contributed by atoms with Gasteiger partial charge < -0.3 is 10.1 Å². The van der Waals surface area contributed by atoms with Crippen LogP contribution < -0.4 is 10.1 Å². The summed E-state index contributed by atoms with van der Waals surface area (Å²) in [5.74, 6) is 0.422. The van der Waals surface area contributed by atoms with Crippen molar-refractivity contribution in [3.63, 3.8) is 0 Å². The highest BCUT2D eigenvalue weighted by atomic mass is 79.9. The first-order chi connectivity index (χ1) is 9.60. The average molecular weight is 334 g/mol. The minimum absolute atomic E-state index is 0.174. The molecular weight excluding hydrogens is 318 g/mol. The second-order valence-corrected chi connectivity index (χ2v) is 5.32. The first kappa shape index (κ1) is 14.6. The predicted octanol–water partition coefficient (Wildman–Crippen LogP) is 4.41. The molecule has 0 spiro atoms. The van der Waals surface area contributed by atoms with E-state index < -0.39 is 0 Å². The van der Waals surface area contributed by atoms with Crippen LogP contribution in [-0.2, 0) is 0 Å². The van der Waals surface area contributed by atoms with Crippen LogP contribution in [0.1, 0.15) is 22.8 Å². The van der Waals surface area contributed by atoms with Gasteiger partial charge in [0.15, 0.2) is 0 Å². The summed E-state index contributed by atoms with van der Waals surface area (Å²) in [4.78, 5) is 12.3. The highest BCUT2D eigenvalue weighted by Crippen LogP contribution is 2.22. The molecule has 0 fully saturated rings. The van der Waals surface area contributed by atoms with E-state index in [9.17, 15) is 4.79 Å². The quantitative estimate of drug-likeness (QED) is 0.899. The molecule has 0 aromatic heterocycles. The molecule has 20 heavy (non-hydrogen) atoms. The third kappa shape index (κ3) is 3.61. The Balaban J connectivity index is 2.23. The number of carbonyl (C=O) groups excluding carboxylic acids is 1. The average Bonchev–Trinajstić information content (AvgIpc) is 2.38. The molecule has 3 nitrogen and oxygen atoms in total. The van der Waals surface area contributed by atoms with E-state index in [-0.39, 0.29) is 5.91 Å². The number of hydrogen-bond donors (Lipinski definition) is 1. The van der Waals surface area contributed by atoms with Crippen molar-refractivity contribution in [2.75, 3.05) is 11.9 Å². The number of aryl methyl sites for hydroxylation is 1. The van der Waals surface area contributed by atoms with E-state index in [1.54, 1.807) is 12.1 Å². The number of amides is 1. The van der Waals surface area contributed by atoms with E-state index in [2.05, 4.69) is 21.2 Å². The maximum atomic E-state index is 12.3. The lowest BCUT2D eigenvalue weighted by Crippen LogP contribution is -2.13. The monoisotopic (exact) mass is 333 g/mol. The van der Waals surface area contributed by atoms with Gasteiger partial charge in [-0.05, 0) is 49.7 Å². The van der Waals surface area contributed by atoms with E-state index in [1.807, 2.05) is 44.2 Å². The van der Waals surface area contributed by atoms with Crippen molar-refractivity contribution >= 4 is 27.5 Å². The predicted molar refractivity (Wildman–Crippen MR) is 84.4 cm³/mol. The molecule has 0 aliphatic carbocycles. The fourth-order valence-corrected chi connectivity index (χ4v) is 2.55. The van der Waals surface area contributed by atoms with Gasteiger partial charge in [-0.1, -0.05) is 28.1 Å². The van der Waals surface area contributed by atoms with E-state index in [0.717, 1.165) is 15.7 Å². The minimum Gasteiger partial charge on any atom is -0.493 e. The van der Waals surface area contributed by atoms with Crippen molar-refractivity contribution in [3.8, 4) is 5.75 Å². The molecule has 2 aromatic rings. The number of rotatable bonds is 4. The Morgan fingerprint density at radius 2 is 2.00 bits per heavy atom. The van der Waals surface area contributed by atoms with Gasteiger partial charge in [-0.25, -0.2) is 0 Å². The number of ether oxygens (including phenoxy) is 1. The lowest BCUT2D eigenvalue weighted by Gasteiger charge is -2.11. The van der Waals surface area contributed by atoms with Crippen molar-refractivity contribution in [2.24, 2.45) is 0 Å². The zero-order chi connectivity index (χ0) is 14.5. The number of para-hydroxylation sites is 1. The van der Waals surface area contributed by atoms with Gasteiger partial charge in [0.2, 0.25) is 0 Å². The minimum atomic E-state index is -0.174. The van der Waals surface area contributed by atoms with Crippen LogP contribution in [0.5, 0.6) is 5.75 Å². The Morgan fingerprint density at radius 1 is 1.25 bits per heavy atom. The third-order valence-electron chi connectivity index (χ3n) is 2.73. The second kappa shape index (κ2) is 6.57. The summed E-state index contributed by atoms with van der Waals surface area (Å²) in [6, 6.07) is 13.0. The molecule has 2 rings (SSSR count). The molecule has 0 saturated carbocycles. The third-order valence-corrected chi connectivity index (χ3v) is 3.19. The number of anilines is 1. The van der Waals surface area contributed by atoms with E-state index in [0.29, 0.717) is 17.9 Å². The SMILES string of the molecule is CCOc1ccccc1C(=O)Nc1cc(C)cc(Br)c1. The fraction of sp³-hybridized carbons (Fsp3) is 0.188. The first-order valence-corrected chi connectivity index (χ1v) is 7.20. The summed E-state index contributed by atoms with van der Waals surface area (Å²) in [6.45, 7) is 4.40. The van der Waals surface area contributed by atoms with Crippen molar-refractivity contribution in [1.29, 1.82) is 0 Å². The molecule has 0 aliphatic heterocycles. The van der Waals surface area contributed by atoms with Crippen LogP contribution in [0.2, 0.25) is 0 Å². The number of hydrogen-bond acceptors (Lipinski definition) is 2. The molecule has 0 bridgehead atoms. The number of benzene rings is 2. The maximum absolute atomic E-state index is 12.3. The molecule has 0 heterocycles. The summed E-state index contributed by atoms with van der Waals surface area (Å²) in [5.41, 5.74) is 2.37. The Labute approximate surface area is 127 Å². The summed E-state index contributed by atoms with van der Waals surface area (Å²) in [6.07, 6.45) is 0. The molecule has 0 unspecified atom stereocenters. The second-order valence-electron chi connectivity index (χ2n) is 4.40. The normalized spacial score (nSPS) is 10.2. The summed E-state index contributed by atoms with van der Waals surface area (Å²) in [5, 5.41) is 2.89. The van der Waals surface area contributed by atoms with Gasteiger partial charge in [-0.3, -0.25) is 4.79 Å². The first-order valence-electron chi connectivity index (χ1n) is 6.40. The smallest absolute Gasteiger partial charge is 0.259 e. The maximum Gasteiger partial charge on any atom is 0.259 e. The van der Waals surface area contributed by atoms with Crippen LogP contribution in [0, 0.1) is 6.92 Å². The zero-order valence-electron chi connectivity index (χ0n) is 11.4. The van der Waals surface area contributed by atoms with Crippen LogP contribution in [0.15, 0.2) is 46.9 Å². The lowest BCUT2D eigenvalue weighted by molar-refractivity contribution is 0.102. The molecule has 2 aromatic carbocycles. The van der Waals surface area contributed by atoms with Crippen LogP contribution in [0.4, 0.5) is 5.69 Å². The van der Waals surface area contributed by atoms with E-state index in [4.69, 9.17) is 4.74 Å². The Bertz CT molecular complexity index is 605. The van der Waals surface area contributed by atoms with Crippen LogP contribution in [0.3, 0.4) is 0 Å².